The smallest absolute Gasteiger partial charge is 0.227 e. The van der Waals surface area contributed by atoms with Gasteiger partial charge >= 0.3 is 0 Å². The molecule has 2 aromatic rings. The van der Waals surface area contributed by atoms with Crippen LogP contribution in [0.4, 0.5) is 10.8 Å². The third-order valence-corrected chi connectivity index (χ3v) is 5.20. The van der Waals surface area contributed by atoms with E-state index in [1.807, 2.05) is 35.2 Å². The van der Waals surface area contributed by atoms with Gasteiger partial charge in [0.15, 0.2) is 0 Å². The molecule has 1 spiro atoms. The van der Waals surface area contributed by atoms with Crippen molar-refractivity contribution in [2.24, 2.45) is 5.41 Å². The number of hydrogen-bond acceptors (Lipinski definition) is 5. The molecule has 2 aliphatic rings. The molecule has 21 heavy (non-hydrogen) atoms. The monoisotopic (exact) mass is 300 g/mol. The summed E-state index contributed by atoms with van der Waals surface area (Å²) in [6.07, 6.45) is 1.68. The number of hydrogen-bond donors (Lipinski definition) is 0. The molecular weight excluding hydrogens is 284 g/mol. The van der Waals surface area contributed by atoms with Crippen molar-refractivity contribution in [2.45, 2.75) is 12.8 Å². The Morgan fingerprint density at radius 3 is 2.81 bits per heavy atom. The van der Waals surface area contributed by atoms with Gasteiger partial charge in [0, 0.05) is 37.2 Å². The largest absolute Gasteiger partial charge is 0.346 e. The van der Waals surface area contributed by atoms with Crippen molar-refractivity contribution in [3.8, 4) is 0 Å². The fraction of sp³-hybridized carbons (Fsp3) is 0.400. The van der Waals surface area contributed by atoms with Gasteiger partial charge in [0.05, 0.1) is 0 Å². The number of amides is 1. The maximum Gasteiger partial charge on any atom is 0.227 e. The van der Waals surface area contributed by atoms with Crippen LogP contribution < -0.4 is 9.80 Å². The van der Waals surface area contributed by atoms with Gasteiger partial charge in [0.25, 0.3) is 0 Å². The highest BCUT2D eigenvalue weighted by molar-refractivity contribution is 7.13. The minimum Gasteiger partial charge on any atom is -0.346 e. The number of benzene rings is 1. The van der Waals surface area contributed by atoms with Gasteiger partial charge in [-0.3, -0.25) is 4.79 Å². The van der Waals surface area contributed by atoms with Crippen LogP contribution >= 0.6 is 11.3 Å². The third-order valence-electron chi connectivity index (χ3n) is 4.45. The molecule has 0 N–H and O–H groups in total. The minimum atomic E-state index is 0.0681. The first-order valence-corrected chi connectivity index (χ1v) is 8.00. The molecule has 5 nitrogen and oxygen atoms in total. The molecule has 1 aromatic heterocycles. The molecule has 4 rings (SSSR count). The second-order valence-electron chi connectivity index (χ2n) is 5.89. The summed E-state index contributed by atoms with van der Waals surface area (Å²) in [6.45, 7) is 2.67. The molecule has 0 saturated carbocycles. The molecule has 108 valence electrons. The quantitative estimate of drug-likeness (QED) is 0.853. The van der Waals surface area contributed by atoms with E-state index in [9.17, 15) is 4.79 Å². The van der Waals surface area contributed by atoms with Crippen molar-refractivity contribution in [2.75, 3.05) is 29.4 Å². The van der Waals surface area contributed by atoms with E-state index >= 15 is 0 Å². The van der Waals surface area contributed by atoms with E-state index in [0.717, 1.165) is 36.9 Å². The highest BCUT2D eigenvalue weighted by Crippen LogP contribution is 2.43. The Bertz CT molecular complexity index is 645. The van der Waals surface area contributed by atoms with Gasteiger partial charge in [-0.2, -0.15) is 0 Å². The van der Waals surface area contributed by atoms with E-state index in [1.165, 1.54) is 0 Å². The zero-order chi connectivity index (χ0) is 14.3. The van der Waals surface area contributed by atoms with Gasteiger partial charge in [-0.25, -0.2) is 0 Å². The first-order chi connectivity index (χ1) is 10.3. The Kier molecular flexibility index (Phi) is 2.92. The van der Waals surface area contributed by atoms with Crippen molar-refractivity contribution >= 4 is 28.1 Å². The molecule has 0 bridgehead atoms. The van der Waals surface area contributed by atoms with Crippen LogP contribution in [0.5, 0.6) is 0 Å². The number of anilines is 2. The van der Waals surface area contributed by atoms with Crippen LogP contribution in [0.2, 0.25) is 0 Å². The number of rotatable bonds is 2. The molecular formula is C15H16N4OS. The van der Waals surface area contributed by atoms with Crippen LogP contribution in [0, 0.1) is 5.41 Å². The maximum atomic E-state index is 12.4. The second kappa shape index (κ2) is 4.80. The Labute approximate surface area is 127 Å². The van der Waals surface area contributed by atoms with Crippen molar-refractivity contribution < 1.29 is 4.79 Å². The number of nitrogens with zero attached hydrogens (tertiary/aromatic N) is 4. The highest BCUT2D eigenvalue weighted by atomic mass is 32.1. The lowest BCUT2D eigenvalue weighted by Gasteiger charge is -2.23. The lowest BCUT2D eigenvalue weighted by atomic mass is 9.86. The predicted molar refractivity (Wildman–Crippen MR) is 82.6 cm³/mol. The molecule has 0 aliphatic carbocycles. The van der Waals surface area contributed by atoms with Crippen LogP contribution in [-0.2, 0) is 4.79 Å². The van der Waals surface area contributed by atoms with Crippen molar-refractivity contribution in [1.29, 1.82) is 0 Å². The van der Waals surface area contributed by atoms with E-state index in [0.29, 0.717) is 6.42 Å². The van der Waals surface area contributed by atoms with Gasteiger partial charge < -0.3 is 9.80 Å². The van der Waals surface area contributed by atoms with Crippen LogP contribution in [0.15, 0.2) is 35.8 Å². The van der Waals surface area contributed by atoms with E-state index in [4.69, 9.17) is 0 Å². The summed E-state index contributed by atoms with van der Waals surface area (Å²) in [5.74, 6) is 0.236. The summed E-state index contributed by atoms with van der Waals surface area (Å²) in [5.41, 5.74) is 2.84. The molecule has 1 amide bonds. The number of para-hydroxylation sites is 1. The summed E-state index contributed by atoms with van der Waals surface area (Å²) in [6, 6.07) is 9.96. The average Bonchev–Trinajstić information content (AvgIpc) is 3.21. The molecule has 1 aromatic carbocycles. The molecule has 3 heterocycles. The first kappa shape index (κ1) is 12.8. The fourth-order valence-electron chi connectivity index (χ4n) is 3.42. The minimum absolute atomic E-state index is 0.0681. The zero-order valence-corrected chi connectivity index (χ0v) is 12.4. The summed E-state index contributed by atoms with van der Waals surface area (Å²) in [4.78, 5) is 16.6. The summed E-state index contributed by atoms with van der Waals surface area (Å²) in [5, 5.41) is 9.02. The van der Waals surface area contributed by atoms with Crippen LogP contribution in [0.3, 0.4) is 0 Å². The van der Waals surface area contributed by atoms with Gasteiger partial charge in [-0.15, -0.1) is 10.2 Å². The van der Waals surface area contributed by atoms with Gasteiger partial charge in [-0.05, 0) is 18.6 Å². The molecule has 0 unspecified atom stereocenters. The standard InChI is InChI=1S/C15H16N4OS/c20-13-8-15(10-19(13)12-4-2-1-3-5-12)6-7-18(9-15)14-17-16-11-21-14/h1-5,11H,6-10H2/t15-/m0/s1. The van der Waals surface area contributed by atoms with Crippen molar-refractivity contribution in [1.82, 2.24) is 10.2 Å². The fourth-order valence-corrected chi connectivity index (χ4v) is 4.00. The number of carbonyl (C=O) groups is 1. The van der Waals surface area contributed by atoms with E-state index in [-0.39, 0.29) is 11.3 Å². The zero-order valence-electron chi connectivity index (χ0n) is 11.6. The molecule has 0 radical (unpaired) electrons. The number of carbonyl (C=O) groups excluding carboxylic acids is 1. The van der Waals surface area contributed by atoms with Crippen LogP contribution in [0.1, 0.15) is 12.8 Å². The van der Waals surface area contributed by atoms with E-state index in [1.54, 1.807) is 16.8 Å². The summed E-state index contributed by atoms with van der Waals surface area (Å²) < 4.78 is 0. The topological polar surface area (TPSA) is 49.3 Å². The lowest BCUT2D eigenvalue weighted by molar-refractivity contribution is -0.117. The molecule has 2 fully saturated rings. The van der Waals surface area contributed by atoms with E-state index in [2.05, 4.69) is 15.1 Å². The Balaban J connectivity index is 1.54. The second-order valence-corrected chi connectivity index (χ2v) is 6.70. The average molecular weight is 300 g/mol. The van der Waals surface area contributed by atoms with Gasteiger partial charge in [0.2, 0.25) is 11.0 Å². The Morgan fingerprint density at radius 2 is 2.05 bits per heavy atom. The summed E-state index contributed by atoms with van der Waals surface area (Å²) in [7, 11) is 0. The third kappa shape index (κ3) is 2.19. The Morgan fingerprint density at radius 1 is 1.19 bits per heavy atom. The SMILES string of the molecule is O=C1C[C@]2(CCN(c3nncs3)C2)CN1c1ccccc1. The lowest BCUT2D eigenvalue weighted by Crippen LogP contribution is -2.31. The van der Waals surface area contributed by atoms with Gasteiger partial charge in [0.1, 0.15) is 5.51 Å². The van der Waals surface area contributed by atoms with Gasteiger partial charge in [-0.1, -0.05) is 29.5 Å². The summed E-state index contributed by atoms with van der Waals surface area (Å²) >= 11 is 1.57. The Hall–Kier alpha value is -1.95. The van der Waals surface area contributed by atoms with Crippen molar-refractivity contribution in [3.05, 3.63) is 35.8 Å². The van der Waals surface area contributed by atoms with Crippen molar-refractivity contribution in [3.63, 3.8) is 0 Å². The first-order valence-electron chi connectivity index (χ1n) is 7.12. The molecule has 6 heteroatoms. The molecule has 2 saturated heterocycles. The predicted octanol–water partition coefficient (Wildman–Crippen LogP) is 2.17. The van der Waals surface area contributed by atoms with E-state index < -0.39 is 0 Å². The highest BCUT2D eigenvalue weighted by Gasteiger charge is 2.48. The number of aromatic nitrogens is 2. The van der Waals surface area contributed by atoms with Crippen LogP contribution in [0.25, 0.3) is 0 Å². The maximum absolute atomic E-state index is 12.4. The van der Waals surface area contributed by atoms with Crippen LogP contribution in [-0.4, -0.2) is 35.7 Å². The molecule has 2 aliphatic heterocycles. The normalized spacial score (nSPS) is 25.2. The molecule has 1 atom stereocenters.